The lowest BCUT2D eigenvalue weighted by Gasteiger charge is -1.98. The van der Waals surface area contributed by atoms with E-state index in [2.05, 4.69) is 4.99 Å². The molecule has 0 aromatic heterocycles. The molecular formula is C9H7NO2. The molecule has 3 heteroatoms. The van der Waals surface area contributed by atoms with Crippen molar-refractivity contribution in [2.45, 2.75) is 6.61 Å². The Morgan fingerprint density at radius 3 is 3.00 bits per heavy atom. The van der Waals surface area contributed by atoms with Gasteiger partial charge in [0, 0.05) is 11.8 Å². The summed E-state index contributed by atoms with van der Waals surface area (Å²) in [5.74, 6) is -0.222. The van der Waals surface area contributed by atoms with E-state index >= 15 is 0 Å². The molecule has 12 heavy (non-hydrogen) atoms. The number of amides is 1. The Bertz CT molecular complexity index is 369. The van der Waals surface area contributed by atoms with E-state index < -0.39 is 0 Å². The number of aliphatic hydroxyl groups is 1. The van der Waals surface area contributed by atoms with Crippen LogP contribution in [0.5, 0.6) is 0 Å². The lowest BCUT2D eigenvalue weighted by atomic mass is 10.1. The molecule has 0 spiro atoms. The Hall–Kier alpha value is -1.48. The maximum absolute atomic E-state index is 11.1. The minimum absolute atomic E-state index is 0.0411. The maximum atomic E-state index is 11.1. The van der Waals surface area contributed by atoms with Gasteiger partial charge in [-0.2, -0.15) is 0 Å². The van der Waals surface area contributed by atoms with E-state index in [0.29, 0.717) is 5.56 Å². The van der Waals surface area contributed by atoms with Crippen LogP contribution in [0.2, 0.25) is 0 Å². The van der Waals surface area contributed by atoms with Crippen LogP contribution >= 0.6 is 0 Å². The third kappa shape index (κ3) is 0.950. The average Bonchev–Trinajstić information content (AvgIpc) is 2.47. The molecule has 3 nitrogen and oxygen atoms in total. The zero-order valence-electron chi connectivity index (χ0n) is 6.32. The quantitative estimate of drug-likeness (QED) is 0.660. The van der Waals surface area contributed by atoms with Crippen molar-refractivity contribution < 1.29 is 9.90 Å². The molecule has 0 unspecified atom stereocenters. The van der Waals surface area contributed by atoms with Crippen molar-refractivity contribution in [1.82, 2.24) is 0 Å². The molecule has 2 rings (SSSR count). The number of hydrogen-bond donors (Lipinski definition) is 1. The molecular weight excluding hydrogens is 154 g/mol. The summed E-state index contributed by atoms with van der Waals surface area (Å²) in [5.41, 5.74) is 2.16. The number of hydrogen-bond acceptors (Lipinski definition) is 2. The summed E-state index contributed by atoms with van der Waals surface area (Å²) in [6.07, 6.45) is 1.54. The molecule has 0 saturated carbocycles. The molecule has 1 amide bonds. The van der Waals surface area contributed by atoms with Crippen molar-refractivity contribution in [3.63, 3.8) is 0 Å². The number of carbonyl (C=O) groups is 1. The van der Waals surface area contributed by atoms with Gasteiger partial charge in [-0.15, -0.1) is 0 Å². The van der Waals surface area contributed by atoms with Crippen molar-refractivity contribution in [3.8, 4) is 0 Å². The van der Waals surface area contributed by atoms with Crippen LogP contribution in [0.15, 0.2) is 23.2 Å². The monoisotopic (exact) mass is 161 g/mol. The summed E-state index contributed by atoms with van der Waals surface area (Å²) >= 11 is 0. The van der Waals surface area contributed by atoms with Gasteiger partial charge in [0.15, 0.2) is 0 Å². The molecule has 0 aliphatic carbocycles. The third-order valence-corrected chi connectivity index (χ3v) is 1.85. The van der Waals surface area contributed by atoms with Crippen molar-refractivity contribution in [2.75, 3.05) is 0 Å². The number of carbonyl (C=O) groups excluding carboxylic acids is 1. The summed E-state index contributed by atoms with van der Waals surface area (Å²) in [6, 6.07) is 5.24. The molecule has 1 aromatic rings. The highest BCUT2D eigenvalue weighted by molar-refractivity contribution is 6.12. The lowest BCUT2D eigenvalue weighted by Crippen LogP contribution is -1.94. The van der Waals surface area contributed by atoms with Crippen LogP contribution in [-0.4, -0.2) is 17.2 Å². The summed E-state index contributed by atoms with van der Waals surface area (Å²) < 4.78 is 0. The zero-order valence-corrected chi connectivity index (χ0v) is 6.32. The van der Waals surface area contributed by atoms with Gasteiger partial charge in [-0.1, -0.05) is 12.1 Å². The molecule has 0 radical (unpaired) electrons. The summed E-state index contributed by atoms with van der Waals surface area (Å²) in [5, 5.41) is 8.80. The van der Waals surface area contributed by atoms with E-state index in [0.717, 1.165) is 11.1 Å². The van der Waals surface area contributed by atoms with Gasteiger partial charge in [-0.05, 0) is 11.6 Å². The van der Waals surface area contributed by atoms with Crippen LogP contribution in [0.25, 0.3) is 0 Å². The highest BCUT2D eigenvalue weighted by Gasteiger charge is 2.14. The molecule has 1 aromatic carbocycles. The number of nitrogens with zero attached hydrogens (tertiary/aromatic N) is 1. The Kier molecular flexibility index (Phi) is 1.52. The van der Waals surface area contributed by atoms with Crippen molar-refractivity contribution in [1.29, 1.82) is 0 Å². The first kappa shape index (κ1) is 7.18. The average molecular weight is 161 g/mol. The Balaban J connectivity index is 2.55. The van der Waals surface area contributed by atoms with Crippen molar-refractivity contribution >= 4 is 12.1 Å². The number of aliphatic imine (C=N–C) groups is 1. The Morgan fingerprint density at radius 2 is 2.25 bits per heavy atom. The molecule has 1 aliphatic rings. The van der Waals surface area contributed by atoms with Crippen molar-refractivity contribution in [2.24, 2.45) is 4.99 Å². The fourth-order valence-corrected chi connectivity index (χ4v) is 1.20. The highest BCUT2D eigenvalue weighted by atomic mass is 16.3. The van der Waals surface area contributed by atoms with Crippen molar-refractivity contribution in [3.05, 3.63) is 34.9 Å². The largest absolute Gasteiger partial charge is 0.392 e. The molecule has 1 N–H and O–H groups in total. The predicted octanol–water partition coefficient (Wildman–Crippen LogP) is 0.752. The zero-order chi connectivity index (χ0) is 8.55. The van der Waals surface area contributed by atoms with Gasteiger partial charge in [-0.3, -0.25) is 4.79 Å². The predicted molar refractivity (Wildman–Crippen MR) is 44.3 cm³/mol. The second-order valence-electron chi connectivity index (χ2n) is 2.64. The second kappa shape index (κ2) is 2.53. The Labute approximate surface area is 69.4 Å². The van der Waals surface area contributed by atoms with Gasteiger partial charge in [0.25, 0.3) is 5.91 Å². The molecule has 0 saturated heterocycles. The molecule has 1 aliphatic heterocycles. The van der Waals surface area contributed by atoms with Gasteiger partial charge >= 0.3 is 0 Å². The van der Waals surface area contributed by atoms with Crippen LogP contribution in [0.1, 0.15) is 21.5 Å². The van der Waals surface area contributed by atoms with E-state index in [1.54, 1.807) is 24.4 Å². The standard InChI is InChI=1S/C9H7NO2/c11-5-6-1-2-7-4-10-9(12)8(7)3-6/h1-4,11H,5H2. The topological polar surface area (TPSA) is 49.7 Å². The first-order chi connectivity index (χ1) is 5.81. The fraction of sp³-hybridized carbons (Fsp3) is 0.111. The number of benzene rings is 1. The van der Waals surface area contributed by atoms with Gasteiger partial charge in [0.1, 0.15) is 0 Å². The van der Waals surface area contributed by atoms with Crippen LogP contribution in [0.4, 0.5) is 0 Å². The summed E-state index contributed by atoms with van der Waals surface area (Å²) in [7, 11) is 0. The fourth-order valence-electron chi connectivity index (χ4n) is 1.20. The van der Waals surface area contributed by atoms with Crippen LogP contribution in [0, 0.1) is 0 Å². The van der Waals surface area contributed by atoms with Crippen LogP contribution in [0.3, 0.4) is 0 Å². The van der Waals surface area contributed by atoms with Gasteiger partial charge in [-0.25, -0.2) is 4.99 Å². The minimum Gasteiger partial charge on any atom is -0.392 e. The first-order valence-corrected chi connectivity index (χ1v) is 3.63. The Morgan fingerprint density at radius 1 is 1.42 bits per heavy atom. The molecule has 0 bridgehead atoms. The van der Waals surface area contributed by atoms with Gasteiger partial charge in [0.05, 0.1) is 12.2 Å². The minimum atomic E-state index is -0.222. The second-order valence-corrected chi connectivity index (χ2v) is 2.64. The number of rotatable bonds is 1. The number of fused-ring (bicyclic) bond motifs is 1. The summed E-state index contributed by atoms with van der Waals surface area (Å²) in [4.78, 5) is 14.7. The highest BCUT2D eigenvalue weighted by Crippen LogP contribution is 2.16. The maximum Gasteiger partial charge on any atom is 0.277 e. The van der Waals surface area contributed by atoms with E-state index in [-0.39, 0.29) is 12.5 Å². The molecule has 1 heterocycles. The normalized spacial score (nSPS) is 13.6. The molecule has 0 atom stereocenters. The molecule has 60 valence electrons. The lowest BCUT2D eigenvalue weighted by molar-refractivity contribution is 0.101. The van der Waals surface area contributed by atoms with Gasteiger partial charge < -0.3 is 5.11 Å². The number of aliphatic hydroxyl groups excluding tert-OH is 1. The molecule has 0 fully saturated rings. The SMILES string of the molecule is O=C1N=Cc2ccc(CO)cc21. The van der Waals surface area contributed by atoms with Gasteiger partial charge in [0.2, 0.25) is 0 Å². The van der Waals surface area contributed by atoms with Crippen LogP contribution in [-0.2, 0) is 6.61 Å². The van der Waals surface area contributed by atoms with E-state index in [4.69, 9.17) is 5.11 Å². The van der Waals surface area contributed by atoms with E-state index in [1.807, 2.05) is 0 Å². The van der Waals surface area contributed by atoms with E-state index in [1.165, 1.54) is 0 Å². The van der Waals surface area contributed by atoms with E-state index in [9.17, 15) is 4.79 Å². The third-order valence-electron chi connectivity index (χ3n) is 1.85. The first-order valence-electron chi connectivity index (χ1n) is 3.63. The smallest absolute Gasteiger partial charge is 0.277 e. The van der Waals surface area contributed by atoms with Crippen LogP contribution < -0.4 is 0 Å². The summed E-state index contributed by atoms with van der Waals surface area (Å²) in [6.45, 7) is -0.0411.